The van der Waals surface area contributed by atoms with Crippen molar-refractivity contribution in [3.05, 3.63) is 28.2 Å². The van der Waals surface area contributed by atoms with E-state index in [0.717, 1.165) is 29.7 Å². The minimum Gasteiger partial charge on any atom is -0.359 e. The Morgan fingerprint density at radius 3 is 3.00 bits per heavy atom. The van der Waals surface area contributed by atoms with E-state index in [1.54, 1.807) is 0 Å². The lowest BCUT2D eigenvalue weighted by Crippen LogP contribution is -2.54. The number of carbonyl (C=O) groups excluding carboxylic acids is 1. The Hall–Kier alpha value is -1.07. The number of benzene rings is 1. The summed E-state index contributed by atoms with van der Waals surface area (Å²) in [5.41, 5.74) is 2.30. The molecule has 0 spiro atoms. The highest BCUT2D eigenvalue weighted by Crippen LogP contribution is 2.28. The van der Waals surface area contributed by atoms with Gasteiger partial charge in [0.05, 0.1) is 12.2 Å². The molecule has 19 heavy (non-hydrogen) atoms. The van der Waals surface area contributed by atoms with Crippen LogP contribution in [0.15, 0.2) is 22.7 Å². The number of nitrogens with one attached hydrogen (secondary N) is 2. The Balaban J connectivity index is 2.12. The first-order chi connectivity index (χ1) is 9.10. The number of nitrogens with zero attached hydrogens (tertiary/aromatic N) is 1. The third-order valence-electron chi connectivity index (χ3n) is 3.33. The Morgan fingerprint density at radius 1 is 1.53 bits per heavy atom. The molecule has 0 aromatic heterocycles. The molecule has 1 aromatic rings. The molecular formula is C14H20BrN3O. The maximum atomic E-state index is 11.8. The lowest BCUT2D eigenvalue weighted by molar-refractivity contribution is -0.121. The van der Waals surface area contributed by atoms with E-state index in [4.69, 9.17) is 0 Å². The van der Waals surface area contributed by atoms with E-state index in [-0.39, 0.29) is 11.9 Å². The van der Waals surface area contributed by atoms with Crippen LogP contribution >= 0.6 is 15.9 Å². The van der Waals surface area contributed by atoms with Gasteiger partial charge in [-0.2, -0.15) is 0 Å². The number of hydrogen-bond donors (Lipinski definition) is 2. The second-order valence-electron chi connectivity index (χ2n) is 4.99. The summed E-state index contributed by atoms with van der Waals surface area (Å²) in [4.78, 5) is 14.0. The minimum atomic E-state index is 0.0971. The van der Waals surface area contributed by atoms with Crippen LogP contribution in [-0.4, -0.2) is 38.6 Å². The van der Waals surface area contributed by atoms with Crippen LogP contribution in [0.4, 0.5) is 5.69 Å². The lowest BCUT2D eigenvalue weighted by Gasteiger charge is -2.35. The van der Waals surface area contributed by atoms with Gasteiger partial charge >= 0.3 is 0 Å². The summed E-state index contributed by atoms with van der Waals surface area (Å²) in [6.45, 7) is 4.26. The zero-order valence-electron chi connectivity index (χ0n) is 11.4. The highest BCUT2D eigenvalue weighted by atomic mass is 79.9. The van der Waals surface area contributed by atoms with E-state index >= 15 is 0 Å². The Morgan fingerprint density at radius 2 is 2.32 bits per heavy atom. The van der Waals surface area contributed by atoms with Crippen LogP contribution in [0.3, 0.4) is 0 Å². The summed E-state index contributed by atoms with van der Waals surface area (Å²) in [7, 11) is 1.93. The van der Waals surface area contributed by atoms with E-state index in [9.17, 15) is 4.79 Å². The first-order valence-electron chi connectivity index (χ1n) is 6.55. The number of piperazine rings is 1. The first-order valence-corrected chi connectivity index (χ1v) is 7.34. The standard InChI is InChI=1S/C14H20BrN3O/c1-10-3-4-13(12(15)7-10)18-8-11(5-6-16-2)17-14(19)9-18/h3-4,7,11,16H,5-6,8-9H2,1-2H3,(H,17,19). The number of rotatable bonds is 4. The largest absolute Gasteiger partial charge is 0.359 e. The summed E-state index contributed by atoms with van der Waals surface area (Å²) in [5, 5.41) is 6.17. The predicted octanol–water partition coefficient (Wildman–Crippen LogP) is 1.67. The van der Waals surface area contributed by atoms with Crippen molar-refractivity contribution in [3.8, 4) is 0 Å². The molecule has 1 aliphatic heterocycles. The summed E-state index contributed by atoms with van der Waals surface area (Å²) >= 11 is 3.59. The average molecular weight is 326 g/mol. The summed E-state index contributed by atoms with van der Waals surface area (Å²) < 4.78 is 1.05. The van der Waals surface area contributed by atoms with Crippen LogP contribution in [0.2, 0.25) is 0 Å². The van der Waals surface area contributed by atoms with E-state index in [0.29, 0.717) is 6.54 Å². The van der Waals surface area contributed by atoms with Gasteiger partial charge in [0.15, 0.2) is 0 Å². The van der Waals surface area contributed by atoms with Crippen LogP contribution in [-0.2, 0) is 4.79 Å². The van der Waals surface area contributed by atoms with E-state index in [2.05, 4.69) is 56.6 Å². The predicted molar refractivity (Wildman–Crippen MR) is 81.6 cm³/mol. The monoisotopic (exact) mass is 325 g/mol. The number of aryl methyl sites for hydroxylation is 1. The van der Waals surface area contributed by atoms with Crippen molar-refractivity contribution in [3.63, 3.8) is 0 Å². The minimum absolute atomic E-state index is 0.0971. The van der Waals surface area contributed by atoms with Gasteiger partial charge < -0.3 is 15.5 Å². The van der Waals surface area contributed by atoms with Crippen LogP contribution in [0.1, 0.15) is 12.0 Å². The molecule has 1 heterocycles. The molecule has 5 heteroatoms. The summed E-state index contributed by atoms with van der Waals surface area (Å²) in [6.07, 6.45) is 0.947. The second-order valence-corrected chi connectivity index (χ2v) is 5.85. The van der Waals surface area contributed by atoms with Crippen molar-refractivity contribution in [2.45, 2.75) is 19.4 Å². The number of hydrogen-bond acceptors (Lipinski definition) is 3. The van der Waals surface area contributed by atoms with Crippen molar-refractivity contribution in [2.24, 2.45) is 0 Å². The molecule has 0 radical (unpaired) electrons. The number of carbonyl (C=O) groups is 1. The molecule has 0 bridgehead atoms. The fraction of sp³-hybridized carbons (Fsp3) is 0.500. The highest BCUT2D eigenvalue weighted by Gasteiger charge is 2.25. The van der Waals surface area contributed by atoms with Crippen molar-refractivity contribution in [2.75, 3.05) is 31.6 Å². The van der Waals surface area contributed by atoms with Crippen LogP contribution in [0.25, 0.3) is 0 Å². The molecule has 1 aliphatic rings. The quantitative estimate of drug-likeness (QED) is 0.885. The third kappa shape index (κ3) is 3.70. The molecular weight excluding hydrogens is 306 g/mol. The molecule has 104 valence electrons. The fourth-order valence-electron chi connectivity index (χ4n) is 2.36. The third-order valence-corrected chi connectivity index (χ3v) is 3.96. The molecule has 2 N–H and O–H groups in total. The number of amides is 1. The molecule has 1 unspecified atom stereocenters. The van der Waals surface area contributed by atoms with Gasteiger partial charge in [-0.25, -0.2) is 0 Å². The van der Waals surface area contributed by atoms with E-state index < -0.39 is 0 Å². The zero-order chi connectivity index (χ0) is 13.8. The number of halogens is 1. The van der Waals surface area contributed by atoms with Gasteiger partial charge in [-0.3, -0.25) is 4.79 Å². The Labute approximate surface area is 122 Å². The normalized spacial score (nSPS) is 19.4. The molecule has 1 amide bonds. The smallest absolute Gasteiger partial charge is 0.239 e. The van der Waals surface area contributed by atoms with Gasteiger partial charge in [0.1, 0.15) is 0 Å². The summed E-state index contributed by atoms with van der Waals surface area (Å²) in [5.74, 6) is 0.0971. The number of anilines is 1. The average Bonchev–Trinajstić information content (AvgIpc) is 2.35. The topological polar surface area (TPSA) is 44.4 Å². The van der Waals surface area contributed by atoms with E-state index in [1.165, 1.54) is 5.56 Å². The van der Waals surface area contributed by atoms with Crippen molar-refractivity contribution >= 4 is 27.5 Å². The van der Waals surface area contributed by atoms with Crippen molar-refractivity contribution < 1.29 is 4.79 Å². The molecule has 1 fully saturated rings. The molecule has 0 aliphatic carbocycles. The van der Waals surface area contributed by atoms with Crippen LogP contribution in [0.5, 0.6) is 0 Å². The Kier molecular flexibility index (Phi) is 4.82. The van der Waals surface area contributed by atoms with Crippen LogP contribution < -0.4 is 15.5 Å². The van der Waals surface area contributed by atoms with Crippen LogP contribution in [0, 0.1) is 6.92 Å². The molecule has 4 nitrogen and oxygen atoms in total. The molecule has 1 aromatic carbocycles. The van der Waals surface area contributed by atoms with Gasteiger partial charge in [-0.05, 0) is 60.6 Å². The Bertz CT molecular complexity index is 464. The maximum Gasteiger partial charge on any atom is 0.239 e. The maximum absolute atomic E-state index is 11.8. The molecule has 0 saturated carbocycles. The molecule has 2 rings (SSSR count). The lowest BCUT2D eigenvalue weighted by atomic mass is 10.1. The van der Waals surface area contributed by atoms with Gasteiger partial charge in [-0.1, -0.05) is 6.07 Å². The van der Waals surface area contributed by atoms with Gasteiger partial charge in [0, 0.05) is 17.1 Å². The van der Waals surface area contributed by atoms with Gasteiger partial charge in [-0.15, -0.1) is 0 Å². The first kappa shape index (κ1) is 14.3. The van der Waals surface area contributed by atoms with Gasteiger partial charge in [0.25, 0.3) is 0 Å². The van der Waals surface area contributed by atoms with Crippen molar-refractivity contribution in [1.82, 2.24) is 10.6 Å². The van der Waals surface area contributed by atoms with Crippen molar-refractivity contribution in [1.29, 1.82) is 0 Å². The van der Waals surface area contributed by atoms with E-state index in [1.807, 2.05) is 7.05 Å². The SMILES string of the molecule is CNCCC1CN(c2ccc(C)cc2Br)CC(=O)N1. The second kappa shape index (κ2) is 6.39. The van der Waals surface area contributed by atoms with Gasteiger partial charge in [0.2, 0.25) is 5.91 Å². The summed E-state index contributed by atoms with van der Waals surface area (Å²) in [6, 6.07) is 6.45. The molecule has 1 atom stereocenters. The highest BCUT2D eigenvalue weighted by molar-refractivity contribution is 9.10. The fourth-order valence-corrected chi connectivity index (χ4v) is 3.10. The zero-order valence-corrected chi connectivity index (χ0v) is 13.0. The molecule has 1 saturated heterocycles.